The molecule has 0 atom stereocenters. The lowest BCUT2D eigenvalue weighted by Gasteiger charge is -2.36. The van der Waals surface area contributed by atoms with Gasteiger partial charge in [0.25, 0.3) is 11.4 Å². The number of hydrogen-bond acceptors (Lipinski definition) is 17. The van der Waals surface area contributed by atoms with E-state index in [9.17, 15) is 49.0 Å². The lowest BCUT2D eigenvalue weighted by Crippen LogP contribution is -2.33. The van der Waals surface area contributed by atoms with Crippen molar-refractivity contribution in [3.05, 3.63) is 208 Å². The molecule has 0 bridgehead atoms. The Bertz CT molecular complexity index is 3770. The molecular formula is C57H40N2O18S. The number of nitro benzene ring substituents is 2. The first-order chi connectivity index (χ1) is 37.5. The van der Waals surface area contributed by atoms with E-state index in [1.54, 1.807) is 48.5 Å². The molecule has 2 N–H and O–H groups in total. The van der Waals surface area contributed by atoms with E-state index in [2.05, 4.69) is 0 Å². The average Bonchev–Trinajstić information content (AvgIpc) is 3.79. The van der Waals surface area contributed by atoms with Crippen LogP contribution in [0, 0.1) is 20.2 Å². The Hall–Kier alpha value is -10.0. The zero-order chi connectivity index (χ0) is 54.8. The quantitative estimate of drug-likeness (QED) is 0.0222. The van der Waals surface area contributed by atoms with Crippen LogP contribution in [0.3, 0.4) is 0 Å². The predicted octanol–water partition coefficient (Wildman–Crippen LogP) is 10.0. The summed E-state index contributed by atoms with van der Waals surface area (Å²) in [7, 11) is 0. The maximum Gasteiger partial charge on any atom is 0.341 e. The smallest absolute Gasteiger partial charge is 0.341 e. The number of ketones is 2. The van der Waals surface area contributed by atoms with Gasteiger partial charge >= 0.3 is 17.9 Å². The Morgan fingerprint density at radius 2 is 1.14 bits per heavy atom. The van der Waals surface area contributed by atoms with Crippen LogP contribution in [0.15, 0.2) is 138 Å². The van der Waals surface area contributed by atoms with Gasteiger partial charge in [0.2, 0.25) is 0 Å². The van der Waals surface area contributed by atoms with Gasteiger partial charge in [-0.1, -0.05) is 30.3 Å². The number of carbonyl (C=O) groups excluding carboxylic acids is 3. The van der Waals surface area contributed by atoms with Crippen molar-refractivity contribution in [1.29, 1.82) is 0 Å². The first-order valence-electron chi connectivity index (χ1n) is 23.9. The summed E-state index contributed by atoms with van der Waals surface area (Å²) in [5.41, 5.74) is -0.365. The van der Waals surface area contributed by atoms with Crippen LogP contribution in [0.1, 0.15) is 73.4 Å². The molecule has 7 aromatic carbocycles. The molecule has 21 heteroatoms. The molecule has 1 aromatic heterocycles. The summed E-state index contributed by atoms with van der Waals surface area (Å²) in [6, 6.07) is 34.2. The van der Waals surface area contributed by atoms with Gasteiger partial charge in [-0.25, -0.2) is 14.4 Å². The van der Waals surface area contributed by atoms with Gasteiger partial charge < -0.3 is 38.6 Å². The molecule has 0 unspecified atom stereocenters. The van der Waals surface area contributed by atoms with Crippen LogP contribution in [0.4, 0.5) is 11.4 Å². The number of benzene rings is 7. The highest BCUT2D eigenvalue weighted by Crippen LogP contribution is 2.57. The third kappa shape index (κ3) is 10.4. The SMILES string of the molecule is O=C(O)COc1ccc(COc2ccc3c(c2)Oc2cc(OCc4ccc(OCC(=O)O)cc4[N+](=O)[O-])ccc2C32OC(=O)c3cc(C(=O)CCCC(=O)Cc4ccc5sc6ccccc6c(=O)c5c4)ccc32)c([N+](=O)[O-])c1. The van der Waals surface area contributed by atoms with E-state index in [1.165, 1.54) is 53.8 Å². The van der Waals surface area contributed by atoms with Crippen molar-refractivity contribution in [2.24, 2.45) is 0 Å². The lowest BCUT2D eigenvalue weighted by atomic mass is 9.77. The summed E-state index contributed by atoms with van der Waals surface area (Å²) >= 11 is 1.50. The van der Waals surface area contributed by atoms with Crippen LogP contribution in [0.25, 0.3) is 20.2 Å². The van der Waals surface area contributed by atoms with E-state index < -0.39 is 57.9 Å². The maximum atomic E-state index is 14.1. The molecule has 0 fully saturated rings. The molecule has 392 valence electrons. The Morgan fingerprint density at radius 1 is 0.590 bits per heavy atom. The Balaban J connectivity index is 0.906. The fourth-order valence-corrected chi connectivity index (χ4v) is 10.4. The van der Waals surface area contributed by atoms with Crippen LogP contribution >= 0.6 is 11.3 Å². The Kier molecular flexibility index (Phi) is 14.1. The number of ether oxygens (including phenoxy) is 6. The highest BCUT2D eigenvalue weighted by Gasteiger charge is 2.54. The molecule has 8 aromatic rings. The van der Waals surface area contributed by atoms with Crippen molar-refractivity contribution >= 4 is 72.4 Å². The Morgan fingerprint density at radius 3 is 1.73 bits per heavy atom. The summed E-state index contributed by atoms with van der Waals surface area (Å²) < 4.78 is 36.8. The standard InChI is InChI=1S/C57H40N2O18S/c60-35(20-31-8-19-52-42(21-31)55(66)40-5-1-2-7-51(40)78-52)4-3-6-48(61)32-11-16-43-41(22-32)56(67)77-57(43)44-17-14-38(72-27-33-9-12-36(74-29-53(62)63)23-46(33)58(68)69)25-49(44)76-50-26-39(15-18-45(50)57)73-28-34-10-13-37(75-30-54(64)65)24-47(34)59(70)71/h1-2,5,7-19,21-26H,3-4,6,20,27-30H2,(H,62,63)(H,64,65). The van der Waals surface area contributed by atoms with E-state index in [4.69, 9.17) is 38.6 Å². The van der Waals surface area contributed by atoms with E-state index in [-0.39, 0.29) is 113 Å². The Labute approximate surface area is 443 Å². The van der Waals surface area contributed by atoms with Crippen molar-refractivity contribution < 1.29 is 72.5 Å². The summed E-state index contributed by atoms with van der Waals surface area (Å²) in [6.45, 7) is -2.09. The van der Waals surface area contributed by atoms with Gasteiger partial charge in [0.15, 0.2) is 30.0 Å². The number of aliphatic carboxylic acids is 2. The minimum Gasteiger partial charge on any atom is -0.489 e. The van der Waals surface area contributed by atoms with E-state index in [1.807, 2.05) is 30.3 Å². The number of Topliss-reactive ketones (excluding diaryl/α,β-unsaturated/α-hetero) is 2. The van der Waals surface area contributed by atoms with Gasteiger partial charge in [0, 0.05) is 73.8 Å². The highest BCUT2D eigenvalue weighted by molar-refractivity contribution is 7.24. The summed E-state index contributed by atoms with van der Waals surface area (Å²) in [5, 5.41) is 43.2. The second-order valence-electron chi connectivity index (χ2n) is 18.0. The number of nitrogens with zero attached hydrogens (tertiary/aromatic N) is 2. The first kappa shape index (κ1) is 51.5. The maximum absolute atomic E-state index is 14.1. The fourth-order valence-electron chi connectivity index (χ4n) is 9.37. The molecule has 20 nitrogen and oxygen atoms in total. The van der Waals surface area contributed by atoms with Gasteiger partial charge in [-0.3, -0.25) is 34.6 Å². The van der Waals surface area contributed by atoms with Crippen molar-refractivity contribution in [3.63, 3.8) is 0 Å². The van der Waals surface area contributed by atoms with E-state index in [0.29, 0.717) is 33.0 Å². The third-order valence-corrected chi connectivity index (χ3v) is 14.1. The van der Waals surface area contributed by atoms with E-state index in [0.717, 1.165) is 21.5 Å². The molecule has 2 aliphatic rings. The summed E-state index contributed by atoms with van der Waals surface area (Å²) in [5.74, 6) is -3.27. The van der Waals surface area contributed by atoms with Crippen LogP contribution in [-0.4, -0.2) is 62.7 Å². The van der Waals surface area contributed by atoms with Crippen LogP contribution < -0.4 is 29.1 Å². The number of carbonyl (C=O) groups is 5. The number of carboxylic acid groups (broad SMARTS) is 2. The normalized spacial score (nSPS) is 12.6. The zero-order valence-electron chi connectivity index (χ0n) is 40.6. The van der Waals surface area contributed by atoms with Crippen molar-refractivity contribution in [2.75, 3.05) is 13.2 Å². The number of nitro groups is 2. The molecule has 1 spiro atoms. The van der Waals surface area contributed by atoms with Gasteiger partial charge in [-0.05, 0) is 90.8 Å². The van der Waals surface area contributed by atoms with Crippen molar-refractivity contribution in [2.45, 2.75) is 44.5 Å². The number of rotatable bonds is 21. The molecule has 78 heavy (non-hydrogen) atoms. The first-order valence-corrected chi connectivity index (χ1v) is 24.7. The molecule has 0 amide bonds. The molecule has 0 aliphatic carbocycles. The number of fused-ring (bicyclic) bond motifs is 8. The second kappa shape index (κ2) is 21.3. The zero-order valence-corrected chi connectivity index (χ0v) is 41.4. The monoisotopic (exact) mass is 1070 g/mol. The van der Waals surface area contributed by atoms with Crippen molar-refractivity contribution in [1.82, 2.24) is 0 Å². The second-order valence-corrected chi connectivity index (χ2v) is 19.1. The number of esters is 1. The van der Waals surface area contributed by atoms with Crippen LogP contribution in [0.5, 0.6) is 34.5 Å². The molecular weight excluding hydrogens is 1030 g/mol. The highest BCUT2D eigenvalue weighted by atomic mass is 32.1. The average molecular weight is 1070 g/mol. The van der Waals surface area contributed by atoms with E-state index >= 15 is 0 Å². The third-order valence-electron chi connectivity index (χ3n) is 13.0. The molecule has 2 aliphatic heterocycles. The topological polar surface area (TPSA) is 285 Å². The molecule has 0 saturated heterocycles. The summed E-state index contributed by atoms with van der Waals surface area (Å²) in [4.78, 5) is 99.0. The molecule has 0 saturated carbocycles. The van der Waals surface area contributed by atoms with Crippen LogP contribution in [-0.2, 0) is 44.4 Å². The van der Waals surface area contributed by atoms with Gasteiger partial charge in [-0.15, -0.1) is 11.3 Å². The predicted molar refractivity (Wildman–Crippen MR) is 278 cm³/mol. The number of carboxylic acids is 2. The fraction of sp³-hybridized carbons (Fsp3) is 0.158. The molecule has 0 radical (unpaired) electrons. The summed E-state index contributed by atoms with van der Waals surface area (Å²) in [6.07, 6.45) is 0.385. The van der Waals surface area contributed by atoms with Gasteiger partial charge in [0.05, 0.1) is 38.7 Å². The van der Waals surface area contributed by atoms with Gasteiger partial charge in [-0.2, -0.15) is 0 Å². The van der Waals surface area contributed by atoms with Crippen molar-refractivity contribution in [3.8, 4) is 34.5 Å². The lowest BCUT2D eigenvalue weighted by molar-refractivity contribution is -0.386. The minimum atomic E-state index is -1.70. The van der Waals surface area contributed by atoms with Gasteiger partial charge in [0.1, 0.15) is 53.5 Å². The largest absolute Gasteiger partial charge is 0.489 e. The molecule has 3 heterocycles. The minimum absolute atomic E-state index is 0.0104. The molecule has 10 rings (SSSR count). The van der Waals surface area contributed by atoms with Crippen LogP contribution in [0.2, 0.25) is 0 Å². The number of hydrogen-bond donors (Lipinski definition) is 2.